The Morgan fingerprint density at radius 2 is 2.29 bits per heavy atom. The predicted octanol–water partition coefficient (Wildman–Crippen LogP) is 2.37. The van der Waals surface area contributed by atoms with Crippen LogP contribution in [-0.4, -0.2) is 49.4 Å². The van der Waals surface area contributed by atoms with Crippen LogP contribution >= 0.6 is 0 Å². The van der Waals surface area contributed by atoms with Gasteiger partial charge >= 0.3 is 0 Å². The molecule has 0 N–H and O–H groups in total. The van der Waals surface area contributed by atoms with Crippen molar-refractivity contribution in [2.24, 2.45) is 0 Å². The smallest absolute Gasteiger partial charge is 0.0710 e. The van der Waals surface area contributed by atoms with Gasteiger partial charge in [0.1, 0.15) is 0 Å². The van der Waals surface area contributed by atoms with Crippen molar-refractivity contribution >= 4 is 0 Å². The average molecular weight is 290 g/mol. The fraction of sp³-hybridized carbons (Fsp3) is 0.706. The molecule has 2 saturated heterocycles. The summed E-state index contributed by atoms with van der Waals surface area (Å²) in [5.74, 6) is 0.527. The lowest BCUT2D eigenvalue weighted by Crippen LogP contribution is -2.24. The molecule has 0 aromatic carbocycles. The highest BCUT2D eigenvalue weighted by atomic mass is 16.5. The number of likely N-dealkylation sites (tertiary alicyclic amines) is 1. The largest absolute Gasteiger partial charge is 0.381 e. The molecule has 3 rings (SSSR count). The van der Waals surface area contributed by atoms with E-state index in [0.29, 0.717) is 12.0 Å². The number of methoxy groups -OCH3 is 1. The molecule has 2 atom stereocenters. The van der Waals surface area contributed by atoms with Gasteiger partial charge in [0.15, 0.2) is 0 Å². The number of aromatic nitrogens is 1. The summed E-state index contributed by atoms with van der Waals surface area (Å²) < 4.78 is 11.0. The van der Waals surface area contributed by atoms with Gasteiger partial charge in [0.25, 0.3) is 0 Å². The van der Waals surface area contributed by atoms with Crippen LogP contribution in [0.15, 0.2) is 12.1 Å². The summed E-state index contributed by atoms with van der Waals surface area (Å²) >= 11 is 0. The second kappa shape index (κ2) is 6.86. The molecule has 2 fully saturated rings. The molecule has 1 aromatic heterocycles. The maximum Gasteiger partial charge on any atom is 0.0710 e. The Hall–Kier alpha value is -0.970. The summed E-state index contributed by atoms with van der Waals surface area (Å²) in [5, 5.41) is 0. The van der Waals surface area contributed by atoms with Crippen LogP contribution < -0.4 is 0 Å². The zero-order valence-corrected chi connectivity index (χ0v) is 13.2. The zero-order valence-electron chi connectivity index (χ0n) is 13.2. The van der Waals surface area contributed by atoms with Crippen molar-refractivity contribution in [3.05, 3.63) is 29.1 Å². The molecule has 0 amide bonds. The third-order valence-corrected chi connectivity index (χ3v) is 4.73. The molecule has 2 aliphatic heterocycles. The van der Waals surface area contributed by atoms with E-state index in [2.05, 4.69) is 24.0 Å². The van der Waals surface area contributed by atoms with Gasteiger partial charge in [-0.1, -0.05) is 13.0 Å². The third-order valence-electron chi connectivity index (χ3n) is 4.73. The fourth-order valence-corrected chi connectivity index (χ4v) is 3.38. The van der Waals surface area contributed by atoms with Crippen molar-refractivity contribution in [3.63, 3.8) is 0 Å². The molecule has 2 aliphatic rings. The van der Waals surface area contributed by atoms with Gasteiger partial charge in [0.05, 0.1) is 18.4 Å². The maximum atomic E-state index is 5.57. The molecule has 1 unspecified atom stereocenters. The zero-order chi connectivity index (χ0) is 14.7. The molecule has 116 valence electrons. The molecule has 0 spiro atoms. The lowest BCUT2D eigenvalue weighted by atomic mass is 9.96. The van der Waals surface area contributed by atoms with E-state index in [1.807, 2.05) is 7.11 Å². The number of aryl methyl sites for hydroxylation is 1. The normalized spacial score (nSPS) is 26.6. The second-order valence-electron chi connectivity index (χ2n) is 6.13. The maximum absolute atomic E-state index is 5.57. The number of hydrogen-bond acceptors (Lipinski definition) is 4. The first kappa shape index (κ1) is 14.9. The van der Waals surface area contributed by atoms with Gasteiger partial charge in [-0.3, -0.25) is 9.88 Å². The van der Waals surface area contributed by atoms with Crippen LogP contribution in [0.25, 0.3) is 0 Å². The monoisotopic (exact) mass is 290 g/mol. The van der Waals surface area contributed by atoms with Gasteiger partial charge in [-0.25, -0.2) is 0 Å². The summed E-state index contributed by atoms with van der Waals surface area (Å²) in [4.78, 5) is 7.38. The molecule has 0 bridgehead atoms. The lowest BCUT2D eigenvalue weighted by Gasteiger charge is -2.20. The first-order valence-electron chi connectivity index (χ1n) is 8.11. The third kappa shape index (κ3) is 3.44. The highest BCUT2D eigenvalue weighted by Gasteiger charge is 2.26. The summed E-state index contributed by atoms with van der Waals surface area (Å²) in [6, 6.07) is 4.46. The number of pyridine rings is 1. The number of hydrogen-bond donors (Lipinski definition) is 0. The van der Waals surface area contributed by atoms with E-state index in [0.717, 1.165) is 52.1 Å². The number of ether oxygens (including phenoxy) is 2. The van der Waals surface area contributed by atoms with Crippen LogP contribution in [0.5, 0.6) is 0 Å². The quantitative estimate of drug-likeness (QED) is 0.834. The molecule has 1 aromatic rings. The van der Waals surface area contributed by atoms with Gasteiger partial charge in [-0.15, -0.1) is 0 Å². The number of nitrogens with zero attached hydrogens (tertiary/aromatic N) is 2. The first-order valence-corrected chi connectivity index (χ1v) is 8.11. The molecular formula is C17H26N2O2. The van der Waals surface area contributed by atoms with Crippen molar-refractivity contribution < 1.29 is 9.47 Å². The first-order chi connectivity index (χ1) is 10.3. The Morgan fingerprint density at radius 1 is 1.38 bits per heavy atom. The van der Waals surface area contributed by atoms with Crippen LogP contribution in [0.1, 0.15) is 42.6 Å². The van der Waals surface area contributed by atoms with E-state index in [1.54, 1.807) is 0 Å². The van der Waals surface area contributed by atoms with E-state index in [4.69, 9.17) is 14.5 Å². The Kier molecular flexibility index (Phi) is 4.88. The minimum atomic E-state index is 0.387. The van der Waals surface area contributed by atoms with Gasteiger partial charge in [0.2, 0.25) is 0 Å². The molecule has 3 heterocycles. The second-order valence-corrected chi connectivity index (χ2v) is 6.13. The lowest BCUT2D eigenvalue weighted by molar-refractivity contribution is 0.107. The molecule has 4 heteroatoms. The van der Waals surface area contributed by atoms with Gasteiger partial charge < -0.3 is 9.47 Å². The highest BCUT2D eigenvalue weighted by molar-refractivity contribution is 5.28. The Morgan fingerprint density at radius 3 is 2.95 bits per heavy atom. The van der Waals surface area contributed by atoms with Crippen LogP contribution in [0.4, 0.5) is 0 Å². The molecule has 0 radical (unpaired) electrons. The average Bonchev–Trinajstić information content (AvgIpc) is 3.18. The van der Waals surface area contributed by atoms with E-state index in [9.17, 15) is 0 Å². The fourth-order valence-electron chi connectivity index (χ4n) is 3.38. The van der Waals surface area contributed by atoms with Crippen molar-refractivity contribution in [1.82, 2.24) is 9.88 Å². The van der Waals surface area contributed by atoms with Crippen LogP contribution in [0, 0.1) is 0 Å². The van der Waals surface area contributed by atoms with Crippen molar-refractivity contribution in [2.45, 2.75) is 44.8 Å². The Labute approximate surface area is 127 Å². The molecular weight excluding hydrogens is 264 g/mol. The van der Waals surface area contributed by atoms with Crippen LogP contribution in [0.2, 0.25) is 0 Å². The van der Waals surface area contributed by atoms with E-state index in [-0.39, 0.29) is 0 Å². The minimum absolute atomic E-state index is 0.387. The van der Waals surface area contributed by atoms with E-state index >= 15 is 0 Å². The standard InChI is InChI=1S/C17H26N2O2/c1-3-14-4-5-16(13-7-9-21-12-13)17(18-14)11-19-8-6-15(10-19)20-2/h4-5,13,15H,3,6-12H2,1-2H3/t13?,15-/m0/s1. The van der Waals surface area contributed by atoms with E-state index < -0.39 is 0 Å². The summed E-state index contributed by atoms with van der Waals surface area (Å²) in [7, 11) is 1.81. The highest BCUT2D eigenvalue weighted by Crippen LogP contribution is 2.29. The van der Waals surface area contributed by atoms with Gasteiger partial charge in [-0.2, -0.15) is 0 Å². The Balaban J connectivity index is 1.77. The van der Waals surface area contributed by atoms with Gasteiger partial charge in [0, 0.05) is 45.0 Å². The summed E-state index contributed by atoms with van der Waals surface area (Å²) in [6.45, 7) is 6.98. The summed E-state index contributed by atoms with van der Waals surface area (Å²) in [5.41, 5.74) is 3.84. The minimum Gasteiger partial charge on any atom is -0.381 e. The molecule has 0 aliphatic carbocycles. The molecule has 21 heavy (non-hydrogen) atoms. The Bertz CT molecular complexity index is 472. The molecule has 4 nitrogen and oxygen atoms in total. The topological polar surface area (TPSA) is 34.6 Å². The summed E-state index contributed by atoms with van der Waals surface area (Å²) in [6.07, 6.45) is 3.64. The van der Waals surface area contributed by atoms with Crippen molar-refractivity contribution in [2.75, 3.05) is 33.4 Å². The van der Waals surface area contributed by atoms with Gasteiger partial charge in [-0.05, 0) is 30.9 Å². The predicted molar refractivity (Wildman–Crippen MR) is 82.5 cm³/mol. The van der Waals surface area contributed by atoms with E-state index in [1.165, 1.54) is 17.0 Å². The van der Waals surface area contributed by atoms with Crippen LogP contribution in [-0.2, 0) is 22.4 Å². The van der Waals surface area contributed by atoms with Crippen molar-refractivity contribution in [3.8, 4) is 0 Å². The van der Waals surface area contributed by atoms with Crippen molar-refractivity contribution in [1.29, 1.82) is 0 Å². The SMILES string of the molecule is CCc1ccc(C2CCOC2)c(CN2CC[C@H](OC)C2)n1. The van der Waals surface area contributed by atoms with Crippen LogP contribution in [0.3, 0.4) is 0 Å². The number of rotatable bonds is 5. The molecule has 0 saturated carbocycles.